The van der Waals surface area contributed by atoms with E-state index >= 15 is 0 Å². The maximum absolute atomic E-state index is 11.9. The molecule has 4 heteroatoms. The molecule has 23 heavy (non-hydrogen) atoms. The third kappa shape index (κ3) is 5.45. The first kappa shape index (κ1) is 17.1. The Balaban J connectivity index is 1.98. The summed E-state index contributed by atoms with van der Waals surface area (Å²) in [7, 11) is 3.98. The number of benzene rings is 2. The molecule has 2 rings (SSSR count). The number of carbonyl (C=O) groups is 1. The van der Waals surface area contributed by atoms with Crippen molar-refractivity contribution in [2.24, 2.45) is 0 Å². The molecule has 0 spiro atoms. The second-order valence-electron chi connectivity index (χ2n) is 5.36. The number of likely N-dealkylation sites (N-methyl/N-ethyl adjacent to an activating group) is 1. The summed E-state index contributed by atoms with van der Waals surface area (Å²) < 4.78 is 0. The summed E-state index contributed by atoms with van der Waals surface area (Å²) in [5.41, 5.74) is 1.88. The predicted octanol–water partition coefficient (Wildman–Crippen LogP) is 3.11. The average Bonchev–Trinajstić information content (AvgIpc) is 2.54. The van der Waals surface area contributed by atoms with Gasteiger partial charge in [-0.2, -0.15) is 0 Å². The molecule has 0 aliphatic carbocycles. The molecule has 0 fully saturated rings. The highest BCUT2D eigenvalue weighted by atomic mass is 35.5. The molecule has 1 N–H and O–H groups in total. The Kier molecular flexibility index (Phi) is 6.22. The number of rotatable bonds is 4. The van der Waals surface area contributed by atoms with E-state index in [0.717, 1.165) is 11.1 Å². The Morgan fingerprint density at radius 1 is 1.17 bits per heavy atom. The molecule has 0 heterocycles. The van der Waals surface area contributed by atoms with Crippen LogP contribution in [0.3, 0.4) is 0 Å². The van der Waals surface area contributed by atoms with Crippen molar-refractivity contribution in [1.29, 1.82) is 0 Å². The minimum Gasteiger partial charge on any atom is -0.343 e. The Labute approximate surface area is 142 Å². The number of nitrogens with one attached hydrogen (secondary N) is 1. The highest BCUT2D eigenvalue weighted by Crippen LogP contribution is 2.16. The fourth-order valence-corrected chi connectivity index (χ4v) is 2.39. The van der Waals surface area contributed by atoms with Crippen LogP contribution in [-0.2, 0) is 4.79 Å². The zero-order valence-electron chi connectivity index (χ0n) is 13.2. The van der Waals surface area contributed by atoms with Crippen molar-refractivity contribution >= 4 is 17.5 Å². The fraction of sp³-hybridized carbons (Fsp3) is 0.211. The van der Waals surface area contributed by atoms with Crippen LogP contribution in [0.5, 0.6) is 0 Å². The summed E-state index contributed by atoms with van der Waals surface area (Å²) in [6.45, 7) is 0.500. The molecular weight excluding hydrogens is 308 g/mol. The molecule has 0 radical (unpaired) electrons. The van der Waals surface area contributed by atoms with Gasteiger partial charge in [0.2, 0.25) is 0 Å². The van der Waals surface area contributed by atoms with Gasteiger partial charge in [0.05, 0.1) is 6.04 Å². The molecule has 3 nitrogen and oxygen atoms in total. The molecule has 0 bridgehead atoms. The first-order valence-corrected chi connectivity index (χ1v) is 7.71. The lowest BCUT2D eigenvalue weighted by Crippen LogP contribution is -2.33. The van der Waals surface area contributed by atoms with Crippen molar-refractivity contribution < 1.29 is 4.79 Å². The molecule has 2 aromatic carbocycles. The topological polar surface area (TPSA) is 32.3 Å². The van der Waals surface area contributed by atoms with Crippen LogP contribution in [0.2, 0.25) is 5.02 Å². The summed E-state index contributed by atoms with van der Waals surface area (Å²) in [5.74, 6) is 5.11. The van der Waals surface area contributed by atoms with Crippen LogP contribution >= 0.6 is 11.6 Å². The van der Waals surface area contributed by atoms with Gasteiger partial charge in [-0.05, 0) is 37.9 Å². The molecule has 1 amide bonds. The fourth-order valence-electron chi connectivity index (χ4n) is 2.20. The van der Waals surface area contributed by atoms with E-state index in [1.807, 2.05) is 44.4 Å². The Hall–Kier alpha value is -2.28. The van der Waals surface area contributed by atoms with Crippen molar-refractivity contribution in [3.05, 3.63) is 70.7 Å². The van der Waals surface area contributed by atoms with E-state index in [-0.39, 0.29) is 11.9 Å². The second-order valence-corrected chi connectivity index (χ2v) is 5.80. The molecule has 118 valence electrons. The highest BCUT2D eigenvalue weighted by Gasteiger charge is 2.14. The van der Waals surface area contributed by atoms with Gasteiger partial charge in [0, 0.05) is 23.1 Å². The number of carbonyl (C=O) groups excluding carboxylic acids is 1. The van der Waals surface area contributed by atoms with E-state index in [4.69, 9.17) is 11.6 Å². The molecule has 0 aromatic heterocycles. The molecular formula is C19H19ClN2O. The minimum atomic E-state index is -0.298. The number of hydrogen-bond donors (Lipinski definition) is 1. The van der Waals surface area contributed by atoms with E-state index in [1.54, 1.807) is 12.1 Å². The van der Waals surface area contributed by atoms with E-state index in [9.17, 15) is 4.79 Å². The first-order valence-electron chi connectivity index (χ1n) is 7.33. The lowest BCUT2D eigenvalue weighted by Gasteiger charge is -2.24. The van der Waals surface area contributed by atoms with Gasteiger partial charge in [0.15, 0.2) is 0 Å². The quantitative estimate of drug-likeness (QED) is 0.876. The summed E-state index contributed by atoms with van der Waals surface area (Å²) in [6.07, 6.45) is 0. The van der Waals surface area contributed by atoms with Gasteiger partial charge in [-0.15, -0.1) is 0 Å². The molecule has 2 aromatic rings. The van der Waals surface area contributed by atoms with Crippen molar-refractivity contribution in [1.82, 2.24) is 10.2 Å². The van der Waals surface area contributed by atoms with E-state index in [2.05, 4.69) is 34.2 Å². The number of halogens is 1. The molecule has 1 unspecified atom stereocenters. The second kappa shape index (κ2) is 8.38. The predicted molar refractivity (Wildman–Crippen MR) is 94.2 cm³/mol. The largest absolute Gasteiger partial charge is 0.343 e. The van der Waals surface area contributed by atoms with E-state index in [1.165, 1.54) is 0 Å². The summed E-state index contributed by atoms with van der Waals surface area (Å²) in [4.78, 5) is 14.0. The van der Waals surface area contributed by atoms with Crippen LogP contribution in [0.4, 0.5) is 0 Å². The maximum atomic E-state index is 11.9. The number of hydrogen-bond acceptors (Lipinski definition) is 2. The van der Waals surface area contributed by atoms with Gasteiger partial charge in [-0.25, -0.2) is 0 Å². The van der Waals surface area contributed by atoms with Crippen LogP contribution < -0.4 is 5.32 Å². The smallest absolute Gasteiger partial charge is 0.296 e. The average molecular weight is 327 g/mol. The van der Waals surface area contributed by atoms with Crippen LogP contribution in [-0.4, -0.2) is 31.4 Å². The van der Waals surface area contributed by atoms with Crippen LogP contribution in [0.25, 0.3) is 0 Å². The van der Waals surface area contributed by atoms with Gasteiger partial charge in [0.25, 0.3) is 5.91 Å². The highest BCUT2D eigenvalue weighted by molar-refractivity contribution is 6.30. The molecule has 0 saturated carbocycles. The Bertz CT molecular complexity index is 717. The normalized spacial score (nSPS) is 11.5. The lowest BCUT2D eigenvalue weighted by atomic mass is 10.1. The zero-order chi connectivity index (χ0) is 16.7. The van der Waals surface area contributed by atoms with Crippen molar-refractivity contribution in [2.75, 3.05) is 20.6 Å². The molecule has 0 aliphatic rings. The van der Waals surface area contributed by atoms with Crippen molar-refractivity contribution in [3.8, 4) is 11.8 Å². The molecule has 1 atom stereocenters. The van der Waals surface area contributed by atoms with Crippen molar-refractivity contribution in [3.63, 3.8) is 0 Å². The summed E-state index contributed by atoms with van der Waals surface area (Å²) in [5, 5.41) is 3.47. The standard InChI is InChI=1S/C19H19ClN2O/c1-22(2)18(16-8-4-3-5-9-16)14-21-19(23)12-11-15-7-6-10-17(20)13-15/h3-10,13,18H,14H2,1-2H3,(H,21,23). The number of nitrogens with zero attached hydrogens (tertiary/aromatic N) is 1. The zero-order valence-corrected chi connectivity index (χ0v) is 14.0. The van der Waals surface area contributed by atoms with Gasteiger partial charge >= 0.3 is 0 Å². The van der Waals surface area contributed by atoms with Crippen LogP contribution in [0.1, 0.15) is 17.2 Å². The molecule has 0 aliphatic heterocycles. The van der Waals surface area contributed by atoms with Gasteiger partial charge in [-0.3, -0.25) is 4.79 Å². The SMILES string of the molecule is CN(C)C(CNC(=O)C#Cc1cccc(Cl)c1)c1ccccc1. The van der Waals surface area contributed by atoms with Crippen LogP contribution in [0, 0.1) is 11.8 Å². The van der Waals surface area contributed by atoms with Crippen LogP contribution in [0.15, 0.2) is 54.6 Å². The summed E-state index contributed by atoms with van der Waals surface area (Å²) in [6, 6.07) is 17.3. The van der Waals surface area contributed by atoms with Gasteiger partial charge in [-0.1, -0.05) is 53.9 Å². The first-order chi connectivity index (χ1) is 11.1. The van der Waals surface area contributed by atoms with Gasteiger partial charge in [0.1, 0.15) is 0 Å². The van der Waals surface area contributed by atoms with Gasteiger partial charge < -0.3 is 10.2 Å². The monoisotopic (exact) mass is 326 g/mol. The maximum Gasteiger partial charge on any atom is 0.296 e. The van der Waals surface area contributed by atoms with E-state index < -0.39 is 0 Å². The molecule has 0 saturated heterocycles. The van der Waals surface area contributed by atoms with E-state index in [0.29, 0.717) is 11.6 Å². The Morgan fingerprint density at radius 2 is 1.91 bits per heavy atom. The summed E-state index contributed by atoms with van der Waals surface area (Å²) >= 11 is 5.89. The Morgan fingerprint density at radius 3 is 2.57 bits per heavy atom. The lowest BCUT2D eigenvalue weighted by molar-refractivity contribution is -0.115. The van der Waals surface area contributed by atoms with Crippen molar-refractivity contribution in [2.45, 2.75) is 6.04 Å². The minimum absolute atomic E-state index is 0.105. The third-order valence-corrected chi connectivity index (χ3v) is 3.64. The number of amides is 1. The third-order valence-electron chi connectivity index (χ3n) is 3.41.